The van der Waals surface area contributed by atoms with Crippen LogP contribution in [0, 0.1) is 11.3 Å². The van der Waals surface area contributed by atoms with E-state index in [4.69, 9.17) is 5.73 Å². The number of hydrogen-bond acceptors (Lipinski definition) is 4. The van der Waals surface area contributed by atoms with Crippen LogP contribution in [0.3, 0.4) is 0 Å². The molecule has 0 bridgehead atoms. The maximum Gasteiger partial charge on any atom is 0.236 e. The molecule has 2 atom stereocenters. The molecule has 0 spiro atoms. The summed E-state index contributed by atoms with van der Waals surface area (Å²) in [4.78, 5) is 13.4. The van der Waals surface area contributed by atoms with Gasteiger partial charge < -0.3 is 11.1 Å². The van der Waals surface area contributed by atoms with Crippen molar-refractivity contribution in [1.29, 1.82) is 5.26 Å². The van der Waals surface area contributed by atoms with Gasteiger partial charge in [-0.1, -0.05) is 30.3 Å². The molecule has 1 saturated heterocycles. The van der Waals surface area contributed by atoms with Crippen LogP contribution in [-0.4, -0.2) is 43.0 Å². The first kappa shape index (κ1) is 13.5. The fourth-order valence-electron chi connectivity index (χ4n) is 2.39. The lowest BCUT2D eigenvalue weighted by molar-refractivity contribution is -0.123. The van der Waals surface area contributed by atoms with Crippen molar-refractivity contribution >= 4 is 5.91 Å². The minimum atomic E-state index is -0.336. The maximum absolute atomic E-state index is 11.4. The molecule has 0 aliphatic carbocycles. The Hall–Kier alpha value is -1.90. The van der Waals surface area contributed by atoms with Crippen molar-refractivity contribution in [2.24, 2.45) is 5.73 Å². The number of carbonyl (C=O) groups excluding carboxylic acids is 1. The topological polar surface area (TPSA) is 82.2 Å². The molecule has 1 heterocycles. The third kappa shape index (κ3) is 3.31. The predicted molar refractivity (Wildman–Crippen MR) is 72.2 cm³/mol. The molecular weight excluding hydrogens is 240 g/mol. The van der Waals surface area contributed by atoms with Gasteiger partial charge in [0.05, 0.1) is 12.0 Å². The quantitative estimate of drug-likeness (QED) is 0.799. The molecule has 1 aliphatic rings. The van der Waals surface area contributed by atoms with Crippen LogP contribution in [0.25, 0.3) is 0 Å². The van der Waals surface area contributed by atoms with Crippen molar-refractivity contribution in [3.05, 3.63) is 35.9 Å². The van der Waals surface area contributed by atoms with Crippen LogP contribution in [0.4, 0.5) is 0 Å². The van der Waals surface area contributed by atoms with Gasteiger partial charge in [-0.05, 0) is 5.56 Å². The summed E-state index contributed by atoms with van der Waals surface area (Å²) in [5.74, 6) is -0.571. The van der Waals surface area contributed by atoms with Gasteiger partial charge in [-0.15, -0.1) is 0 Å². The summed E-state index contributed by atoms with van der Waals surface area (Å²) in [6.07, 6.45) is 0. The summed E-state index contributed by atoms with van der Waals surface area (Å²) < 4.78 is 0. The lowest BCUT2D eigenvalue weighted by Crippen LogP contribution is -2.57. The molecule has 1 amide bonds. The van der Waals surface area contributed by atoms with Gasteiger partial charge in [-0.25, -0.2) is 0 Å². The lowest BCUT2D eigenvalue weighted by Gasteiger charge is -2.35. The minimum absolute atomic E-state index is 0.235. The average molecular weight is 258 g/mol. The number of rotatable bonds is 4. The van der Waals surface area contributed by atoms with Gasteiger partial charge in [0.1, 0.15) is 6.04 Å². The third-order valence-electron chi connectivity index (χ3n) is 3.46. The van der Waals surface area contributed by atoms with E-state index in [1.54, 1.807) is 0 Å². The number of nitrogens with two attached hydrogens (primary N) is 1. The number of primary amides is 1. The molecule has 0 radical (unpaired) electrons. The highest BCUT2D eigenvalue weighted by atomic mass is 16.1. The summed E-state index contributed by atoms with van der Waals surface area (Å²) in [5, 5.41) is 12.5. The molecule has 1 aliphatic heterocycles. The standard InChI is InChI=1S/C14H18N4O/c15-8-12(11-4-2-1-3-5-11)10-18-7-6-17-9-13(18)14(16)19/h1-5,12-13,17H,6-7,9-10H2,(H2,16,19). The fourth-order valence-corrected chi connectivity index (χ4v) is 2.39. The van der Waals surface area contributed by atoms with E-state index in [1.807, 2.05) is 35.2 Å². The zero-order chi connectivity index (χ0) is 13.7. The number of nitrogens with zero attached hydrogens (tertiary/aromatic N) is 2. The smallest absolute Gasteiger partial charge is 0.236 e. The van der Waals surface area contributed by atoms with Gasteiger partial charge in [-0.2, -0.15) is 5.26 Å². The van der Waals surface area contributed by atoms with E-state index in [0.29, 0.717) is 13.1 Å². The molecule has 5 heteroatoms. The highest BCUT2D eigenvalue weighted by Crippen LogP contribution is 2.18. The molecule has 19 heavy (non-hydrogen) atoms. The van der Waals surface area contributed by atoms with E-state index in [-0.39, 0.29) is 17.9 Å². The molecule has 0 aromatic heterocycles. The van der Waals surface area contributed by atoms with Crippen molar-refractivity contribution in [3.63, 3.8) is 0 Å². The third-order valence-corrected chi connectivity index (χ3v) is 3.46. The van der Waals surface area contributed by atoms with E-state index in [0.717, 1.165) is 18.7 Å². The summed E-state index contributed by atoms with van der Waals surface area (Å²) in [5.41, 5.74) is 6.39. The van der Waals surface area contributed by atoms with E-state index in [9.17, 15) is 10.1 Å². The molecule has 1 aromatic carbocycles. The van der Waals surface area contributed by atoms with Crippen molar-refractivity contribution in [1.82, 2.24) is 10.2 Å². The van der Waals surface area contributed by atoms with Crippen LogP contribution in [-0.2, 0) is 4.79 Å². The van der Waals surface area contributed by atoms with E-state index >= 15 is 0 Å². The number of piperazine rings is 1. The number of nitriles is 1. The maximum atomic E-state index is 11.4. The van der Waals surface area contributed by atoms with Crippen LogP contribution < -0.4 is 11.1 Å². The largest absolute Gasteiger partial charge is 0.368 e. The molecule has 3 N–H and O–H groups in total. The van der Waals surface area contributed by atoms with Crippen LogP contribution in [0.15, 0.2) is 30.3 Å². The SMILES string of the molecule is N#CC(CN1CCNCC1C(N)=O)c1ccccc1. The molecule has 0 saturated carbocycles. The van der Waals surface area contributed by atoms with Gasteiger partial charge in [-0.3, -0.25) is 9.69 Å². The Bertz CT molecular complexity index is 468. The van der Waals surface area contributed by atoms with Crippen molar-refractivity contribution in [2.75, 3.05) is 26.2 Å². The van der Waals surface area contributed by atoms with Gasteiger partial charge >= 0.3 is 0 Å². The van der Waals surface area contributed by atoms with Crippen molar-refractivity contribution < 1.29 is 4.79 Å². The van der Waals surface area contributed by atoms with Gasteiger partial charge in [0.15, 0.2) is 0 Å². The van der Waals surface area contributed by atoms with Gasteiger partial charge in [0, 0.05) is 26.2 Å². The monoisotopic (exact) mass is 258 g/mol. The normalized spacial score (nSPS) is 21.5. The Labute approximate surface area is 113 Å². The van der Waals surface area contributed by atoms with Crippen LogP contribution >= 0.6 is 0 Å². The Morgan fingerprint density at radius 1 is 1.53 bits per heavy atom. The Morgan fingerprint density at radius 2 is 2.26 bits per heavy atom. The average Bonchev–Trinajstić information content (AvgIpc) is 2.46. The zero-order valence-corrected chi connectivity index (χ0v) is 10.7. The van der Waals surface area contributed by atoms with E-state index in [1.165, 1.54) is 0 Å². The first-order valence-corrected chi connectivity index (χ1v) is 6.41. The Morgan fingerprint density at radius 3 is 2.89 bits per heavy atom. The van der Waals surface area contributed by atoms with Crippen molar-refractivity contribution in [2.45, 2.75) is 12.0 Å². The molecule has 2 unspecified atom stereocenters. The van der Waals surface area contributed by atoms with Crippen LogP contribution in [0.5, 0.6) is 0 Å². The summed E-state index contributed by atoms with van der Waals surface area (Å²) >= 11 is 0. The number of benzene rings is 1. The fraction of sp³-hybridized carbons (Fsp3) is 0.429. The van der Waals surface area contributed by atoms with Crippen LogP contribution in [0.1, 0.15) is 11.5 Å². The molecule has 2 rings (SSSR count). The van der Waals surface area contributed by atoms with Crippen LogP contribution in [0.2, 0.25) is 0 Å². The Balaban J connectivity index is 2.09. The molecule has 100 valence electrons. The zero-order valence-electron chi connectivity index (χ0n) is 10.7. The first-order valence-electron chi connectivity index (χ1n) is 6.41. The predicted octanol–water partition coefficient (Wildman–Crippen LogP) is 0.0529. The van der Waals surface area contributed by atoms with E-state index < -0.39 is 0 Å². The second-order valence-electron chi connectivity index (χ2n) is 4.71. The van der Waals surface area contributed by atoms with Gasteiger partial charge in [0.2, 0.25) is 5.91 Å². The van der Waals surface area contributed by atoms with Crippen molar-refractivity contribution in [3.8, 4) is 6.07 Å². The Kier molecular flexibility index (Phi) is 4.50. The van der Waals surface area contributed by atoms with Gasteiger partial charge in [0.25, 0.3) is 0 Å². The summed E-state index contributed by atoms with van der Waals surface area (Å²) in [7, 11) is 0. The molecular formula is C14H18N4O. The molecule has 1 aromatic rings. The molecule has 5 nitrogen and oxygen atoms in total. The number of carbonyl (C=O) groups is 1. The summed E-state index contributed by atoms with van der Waals surface area (Å²) in [6.45, 7) is 2.65. The second-order valence-corrected chi connectivity index (χ2v) is 4.71. The number of nitrogens with one attached hydrogen (secondary N) is 1. The first-order chi connectivity index (χ1) is 9.22. The van der Waals surface area contributed by atoms with E-state index in [2.05, 4.69) is 11.4 Å². The minimum Gasteiger partial charge on any atom is -0.368 e. The number of hydrogen-bond donors (Lipinski definition) is 2. The summed E-state index contributed by atoms with van der Waals surface area (Å²) in [6, 6.07) is 11.6. The highest BCUT2D eigenvalue weighted by molar-refractivity contribution is 5.80. The second kappa shape index (κ2) is 6.32. The number of amides is 1. The lowest BCUT2D eigenvalue weighted by atomic mass is 9.99. The molecule has 1 fully saturated rings. The highest BCUT2D eigenvalue weighted by Gasteiger charge is 2.28.